The Balaban J connectivity index is 1.61. The first kappa shape index (κ1) is 16.0. The van der Waals surface area contributed by atoms with Crippen LogP contribution in [0.4, 0.5) is 5.69 Å². The second kappa shape index (κ2) is 6.08. The molecule has 0 spiro atoms. The Bertz CT molecular complexity index is 1000. The van der Waals surface area contributed by atoms with Gasteiger partial charge in [0.1, 0.15) is 0 Å². The maximum Gasteiger partial charge on any atom is 0.419 e. The fraction of sp³-hybridized carbons (Fsp3) is 0.263. The SMILES string of the molecule is Cn1c(=O)oc2cc(NC(=O)C(c3ccc(Cl)cc3)C3CC3)ccc21. The number of amides is 1. The van der Waals surface area contributed by atoms with Crippen LogP contribution in [0.5, 0.6) is 0 Å². The summed E-state index contributed by atoms with van der Waals surface area (Å²) >= 11 is 5.95. The molecular formula is C19H17ClN2O3. The van der Waals surface area contributed by atoms with Gasteiger partial charge in [0.15, 0.2) is 5.58 Å². The number of carbonyl (C=O) groups excluding carboxylic acids is 1. The number of aryl methyl sites for hydroxylation is 1. The number of hydrogen-bond acceptors (Lipinski definition) is 3. The lowest BCUT2D eigenvalue weighted by Gasteiger charge is -2.17. The molecule has 25 heavy (non-hydrogen) atoms. The average molecular weight is 357 g/mol. The molecule has 1 aliphatic rings. The van der Waals surface area contributed by atoms with Crippen molar-refractivity contribution in [3.05, 3.63) is 63.6 Å². The number of benzene rings is 2. The van der Waals surface area contributed by atoms with Crippen molar-refractivity contribution in [2.75, 3.05) is 5.32 Å². The molecule has 0 radical (unpaired) electrons. The van der Waals surface area contributed by atoms with E-state index in [-0.39, 0.29) is 11.8 Å². The van der Waals surface area contributed by atoms with Crippen LogP contribution in [0.2, 0.25) is 5.02 Å². The molecule has 1 unspecified atom stereocenters. The van der Waals surface area contributed by atoms with Crippen LogP contribution in [0.15, 0.2) is 51.7 Å². The first-order chi connectivity index (χ1) is 12.0. The number of anilines is 1. The molecule has 128 valence electrons. The summed E-state index contributed by atoms with van der Waals surface area (Å²) in [6.07, 6.45) is 2.10. The predicted octanol–water partition coefficient (Wildman–Crippen LogP) is 3.92. The van der Waals surface area contributed by atoms with Crippen LogP contribution in [0.3, 0.4) is 0 Å². The Morgan fingerprint density at radius 3 is 2.64 bits per heavy atom. The molecule has 0 saturated heterocycles. The number of fused-ring (bicyclic) bond motifs is 1. The maximum absolute atomic E-state index is 12.8. The molecule has 2 aromatic carbocycles. The molecular weight excluding hydrogens is 340 g/mol. The van der Waals surface area contributed by atoms with E-state index < -0.39 is 5.76 Å². The molecule has 1 atom stereocenters. The van der Waals surface area contributed by atoms with Crippen LogP contribution in [0.25, 0.3) is 11.1 Å². The van der Waals surface area contributed by atoms with Crippen LogP contribution in [-0.2, 0) is 11.8 Å². The molecule has 1 saturated carbocycles. The first-order valence-corrected chi connectivity index (χ1v) is 8.56. The van der Waals surface area contributed by atoms with E-state index in [0.29, 0.717) is 27.7 Å². The van der Waals surface area contributed by atoms with E-state index in [4.69, 9.17) is 16.0 Å². The molecule has 4 rings (SSSR count). The Hall–Kier alpha value is -2.53. The molecule has 6 heteroatoms. The summed E-state index contributed by atoms with van der Waals surface area (Å²) in [6.45, 7) is 0. The lowest BCUT2D eigenvalue weighted by atomic mass is 9.93. The first-order valence-electron chi connectivity index (χ1n) is 8.19. The van der Waals surface area contributed by atoms with Crippen LogP contribution in [-0.4, -0.2) is 10.5 Å². The van der Waals surface area contributed by atoms with E-state index in [1.54, 1.807) is 25.2 Å². The van der Waals surface area contributed by atoms with E-state index in [1.165, 1.54) is 4.57 Å². The number of rotatable bonds is 4. The van der Waals surface area contributed by atoms with Crippen molar-refractivity contribution < 1.29 is 9.21 Å². The number of carbonyl (C=O) groups is 1. The number of aromatic nitrogens is 1. The zero-order chi connectivity index (χ0) is 17.6. The highest BCUT2D eigenvalue weighted by atomic mass is 35.5. The van der Waals surface area contributed by atoms with Crippen molar-refractivity contribution in [2.45, 2.75) is 18.8 Å². The number of halogens is 1. The normalized spacial score (nSPS) is 15.3. The summed E-state index contributed by atoms with van der Waals surface area (Å²) in [5.41, 5.74) is 2.74. The second-order valence-electron chi connectivity index (χ2n) is 6.47. The van der Waals surface area contributed by atoms with Gasteiger partial charge in [0, 0.05) is 23.8 Å². The van der Waals surface area contributed by atoms with Crippen molar-refractivity contribution in [1.29, 1.82) is 0 Å². The van der Waals surface area contributed by atoms with Gasteiger partial charge in [0.2, 0.25) is 5.91 Å². The van der Waals surface area contributed by atoms with E-state index in [9.17, 15) is 9.59 Å². The Morgan fingerprint density at radius 1 is 1.24 bits per heavy atom. The summed E-state index contributed by atoms with van der Waals surface area (Å²) < 4.78 is 6.61. The van der Waals surface area contributed by atoms with Gasteiger partial charge in [-0.3, -0.25) is 9.36 Å². The summed E-state index contributed by atoms with van der Waals surface area (Å²) in [5.74, 6) is -0.312. The number of hydrogen-bond donors (Lipinski definition) is 1. The van der Waals surface area contributed by atoms with Gasteiger partial charge < -0.3 is 9.73 Å². The number of nitrogens with zero attached hydrogens (tertiary/aromatic N) is 1. The van der Waals surface area contributed by atoms with Gasteiger partial charge in [-0.2, -0.15) is 0 Å². The molecule has 1 aliphatic carbocycles. The van der Waals surface area contributed by atoms with Gasteiger partial charge in [-0.15, -0.1) is 0 Å². The Morgan fingerprint density at radius 2 is 1.96 bits per heavy atom. The zero-order valence-corrected chi connectivity index (χ0v) is 14.4. The molecule has 1 aromatic heterocycles. The Kier molecular flexibility index (Phi) is 3.88. The van der Waals surface area contributed by atoms with Gasteiger partial charge in [-0.1, -0.05) is 23.7 Å². The van der Waals surface area contributed by atoms with Crippen LogP contribution >= 0.6 is 11.6 Å². The molecule has 1 N–H and O–H groups in total. The van der Waals surface area contributed by atoms with Crippen molar-refractivity contribution in [2.24, 2.45) is 13.0 Å². The second-order valence-corrected chi connectivity index (χ2v) is 6.90. The summed E-state index contributed by atoms with van der Waals surface area (Å²) in [7, 11) is 1.65. The topological polar surface area (TPSA) is 64.2 Å². The van der Waals surface area contributed by atoms with Gasteiger partial charge in [-0.05, 0) is 48.6 Å². The highest BCUT2D eigenvalue weighted by Gasteiger charge is 2.37. The number of oxazole rings is 1. The van der Waals surface area contributed by atoms with Gasteiger partial charge in [0.25, 0.3) is 0 Å². The molecule has 5 nitrogen and oxygen atoms in total. The summed E-state index contributed by atoms with van der Waals surface area (Å²) in [5, 5.41) is 3.61. The van der Waals surface area contributed by atoms with Crippen LogP contribution in [0.1, 0.15) is 24.3 Å². The van der Waals surface area contributed by atoms with Crippen LogP contribution < -0.4 is 11.1 Å². The van der Waals surface area contributed by atoms with Gasteiger partial charge in [-0.25, -0.2) is 4.79 Å². The van der Waals surface area contributed by atoms with Gasteiger partial charge >= 0.3 is 5.76 Å². The fourth-order valence-corrected chi connectivity index (χ4v) is 3.29. The monoisotopic (exact) mass is 356 g/mol. The minimum absolute atomic E-state index is 0.0533. The molecule has 1 amide bonds. The standard InChI is InChI=1S/C19H17ClN2O3/c1-22-15-9-8-14(10-16(15)25-19(22)24)21-18(23)17(11-2-3-11)12-4-6-13(20)7-5-12/h4-11,17H,2-3H2,1H3,(H,21,23). The van der Waals surface area contributed by atoms with Crippen LogP contribution in [0, 0.1) is 5.92 Å². The quantitative estimate of drug-likeness (QED) is 0.770. The molecule has 3 aromatic rings. The van der Waals surface area contributed by atoms with Crippen molar-refractivity contribution >= 4 is 34.3 Å². The lowest BCUT2D eigenvalue weighted by molar-refractivity contribution is -0.118. The molecule has 1 heterocycles. The highest BCUT2D eigenvalue weighted by Crippen LogP contribution is 2.43. The van der Waals surface area contributed by atoms with Crippen molar-refractivity contribution in [3.63, 3.8) is 0 Å². The third kappa shape index (κ3) is 3.07. The van der Waals surface area contributed by atoms with E-state index in [1.807, 2.05) is 24.3 Å². The largest absolute Gasteiger partial charge is 0.419 e. The summed E-state index contributed by atoms with van der Waals surface area (Å²) in [4.78, 5) is 24.4. The Labute approximate surface area is 149 Å². The minimum atomic E-state index is -0.421. The fourth-order valence-electron chi connectivity index (χ4n) is 3.17. The maximum atomic E-state index is 12.8. The molecule has 0 bridgehead atoms. The van der Waals surface area contributed by atoms with Crippen molar-refractivity contribution in [1.82, 2.24) is 4.57 Å². The smallest absolute Gasteiger partial charge is 0.408 e. The minimum Gasteiger partial charge on any atom is -0.408 e. The molecule has 1 fully saturated rings. The summed E-state index contributed by atoms with van der Waals surface area (Å²) in [6, 6.07) is 12.7. The van der Waals surface area contributed by atoms with E-state index in [0.717, 1.165) is 18.4 Å². The average Bonchev–Trinajstić information content (AvgIpc) is 3.37. The number of nitrogens with one attached hydrogen (secondary N) is 1. The zero-order valence-electron chi connectivity index (χ0n) is 13.7. The van der Waals surface area contributed by atoms with Gasteiger partial charge in [0.05, 0.1) is 11.4 Å². The third-order valence-corrected chi connectivity index (χ3v) is 4.92. The lowest BCUT2D eigenvalue weighted by Crippen LogP contribution is -2.22. The van der Waals surface area contributed by atoms with Crippen molar-refractivity contribution in [3.8, 4) is 0 Å². The molecule has 0 aliphatic heterocycles. The highest BCUT2D eigenvalue weighted by molar-refractivity contribution is 6.30. The van der Waals surface area contributed by atoms with E-state index >= 15 is 0 Å². The predicted molar refractivity (Wildman–Crippen MR) is 97.0 cm³/mol. The van der Waals surface area contributed by atoms with E-state index in [2.05, 4.69) is 5.32 Å². The third-order valence-electron chi connectivity index (χ3n) is 4.66.